The van der Waals surface area contributed by atoms with Crippen LogP contribution in [-0.2, 0) is 0 Å². The SMILES string of the molecule is CCCCCN(c1cccc(Br)n1)C(C)C. The van der Waals surface area contributed by atoms with Gasteiger partial charge in [0.15, 0.2) is 0 Å². The van der Waals surface area contributed by atoms with E-state index in [0.29, 0.717) is 6.04 Å². The molecule has 0 amide bonds. The van der Waals surface area contributed by atoms with Gasteiger partial charge in [-0.15, -0.1) is 0 Å². The predicted molar refractivity (Wildman–Crippen MR) is 73.9 cm³/mol. The summed E-state index contributed by atoms with van der Waals surface area (Å²) in [5.74, 6) is 1.07. The van der Waals surface area contributed by atoms with Gasteiger partial charge in [0.2, 0.25) is 0 Å². The molecule has 0 saturated carbocycles. The van der Waals surface area contributed by atoms with Gasteiger partial charge in [0.05, 0.1) is 0 Å². The van der Waals surface area contributed by atoms with Crippen LogP contribution < -0.4 is 4.90 Å². The molecule has 0 unspecified atom stereocenters. The molecule has 0 spiro atoms. The van der Waals surface area contributed by atoms with Crippen molar-refractivity contribution in [2.24, 2.45) is 0 Å². The smallest absolute Gasteiger partial charge is 0.130 e. The summed E-state index contributed by atoms with van der Waals surface area (Å²) in [6.07, 6.45) is 3.79. The molecule has 2 nitrogen and oxygen atoms in total. The Labute approximate surface area is 107 Å². The molecule has 1 aromatic heterocycles. The molecular weight excluding hydrogens is 264 g/mol. The molecule has 0 bridgehead atoms. The van der Waals surface area contributed by atoms with E-state index in [1.54, 1.807) is 0 Å². The van der Waals surface area contributed by atoms with E-state index in [2.05, 4.69) is 52.7 Å². The first kappa shape index (κ1) is 13.5. The van der Waals surface area contributed by atoms with E-state index in [1.165, 1.54) is 19.3 Å². The molecule has 1 aromatic rings. The van der Waals surface area contributed by atoms with Crippen molar-refractivity contribution >= 4 is 21.7 Å². The first-order chi connectivity index (χ1) is 7.65. The molecule has 0 N–H and O–H groups in total. The van der Waals surface area contributed by atoms with Gasteiger partial charge < -0.3 is 4.90 Å². The fourth-order valence-electron chi connectivity index (χ4n) is 1.73. The Morgan fingerprint density at radius 3 is 2.62 bits per heavy atom. The van der Waals surface area contributed by atoms with Crippen LogP contribution in [0.15, 0.2) is 22.8 Å². The number of rotatable bonds is 6. The Morgan fingerprint density at radius 1 is 1.31 bits per heavy atom. The van der Waals surface area contributed by atoms with Crippen LogP contribution in [-0.4, -0.2) is 17.6 Å². The number of pyridine rings is 1. The minimum absolute atomic E-state index is 0.499. The molecule has 0 atom stereocenters. The van der Waals surface area contributed by atoms with E-state index in [1.807, 2.05) is 12.1 Å². The van der Waals surface area contributed by atoms with Crippen LogP contribution in [0.25, 0.3) is 0 Å². The average molecular weight is 285 g/mol. The monoisotopic (exact) mass is 284 g/mol. The molecule has 0 aliphatic heterocycles. The van der Waals surface area contributed by atoms with E-state index in [0.717, 1.165) is 17.0 Å². The van der Waals surface area contributed by atoms with Gasteiger partial charge in [-0.3, -0.25) is 0 Å². The van der Waals surface area contributed by atoms with Gasteiger partial charge in [-0.05, 0) is 48.3 Å². The first-order valence-corrected chi connectivity index (χ1v) is 6.83. The van der Waals surface area contributed by atoms with Crippen molar-refractivity contribution in [2.45, 2.75) is 46.1 Å². The number of nitrogens with zero attached hydrogens (tertiary/aromatic N) is 2. The Hall–Kier alpha value is -0.570. The van der Waals surface area contributed by atoms with Gasteiger partial charge in [0.25, 0.3) is 0 Å². The Kier molecular flexibility index (Phi) is 5.81. The summed E-state index contributed by atoms with van der Waals surface area (Å²) in [5, 5.41) is 0. The van der Waals surface area contributed by atoms with Crippen LogP contribution in [0.2, 0.25) is 0 Å². The zero-order valence-electron chi connectivity index (χ0n) is 10.4. The second kappa shape index (κ2) is 6.89. The van der Waals surface area contributed by atoms with Crippen molar-refractivity contribution in [3.8, 4) is 0 Å². The minimum atomic E-state index is 0.499. The highest BCUT2D eigenvalue weighted by Crippen LogP contribution is 2.18. The molecule has 1 rings (SSSR count). The maximum atomic E-state index is 4.52. The summed E-state index contributed by atoms with van der Waals surface area (Å²) in [4.78, 5) is 6.88. The second-order valence-electron chi connectivity index (χ2n) is 4.31. The van der Waals surface area contributed by atoms with Gasteiger partial charge in [-0.25, -0.2) is 4.98 Å². The standard InChI is InChI=1S/C13H21BrN2/c1-4-5-6-10-16(11(2)3)13-9-7-8-12(14)15-13/h7-9,11H,4-6,10H2,1-3H3. The lowest BCUT2D eigenvalue weighted by molar-refractivity contribution is 0.619. The maximum Gasteiger partial charge on any atom is 0.130 e. The highest BCUT2D eigenvalue weighted by atomic mass is 79.9. The summed E-state index contributed by atoms with van der Waals surface area (Å²) in [5.41, 5.74) is 0. The summed E-state index contributed by atoms with van der Waals surface area (Å²) < 4.78 is 0.908. The van der Waals surface area contributed by atoms with Gasteiger partial charge in [0.1, 0.15) is 10.4 Å². The van der Waals surface area contributed by atoms with Crippen LogP contribution in [0.4, 0.5) is 5.82 Å². The number of anilines is 1. The van der Waals surface area contributed by atoms with Crippen LogP contribution >= 0.6 is 15.9 Å². The summed E-state index contributed by atoms with van der Waals surface area (Å²) in [7, 11) is 0. The topological polar surface area (TPSA) is 16.1 Å². The number of unbranched alkanes of at least 4 members (excludes halogenated alkanes) is 2. The third-order valence-corrected chi connectivity index (χ3v) is 3.06. The summed E-state index contributed by atoms with van der Waals surface area (Å²) in [6, 6.07) is 6.59. The number of hydrogen-bond acceptors (Lipinski definition) is 2. The third kappa shape index (κ3) is 4.12. The van der Waals surface area contributed by atoms with E-state index < -0.39 is 0 Å². The van der Waals surface area contributed by atoms with E-state index >= 15 is 0 Å². The van der Waals surface area contributed by atoms with Crippen LogP contribution in [0.3, 0.4) is 0 Å². The third-order valence-electron chi connectivity index (χ3n) is 2.62. The van der Waals surface area contributed by atoms with Crippen molar-refractivity contribution in [1.82, 2.24) is 4.98 Å². The molecule has 0 saturated heterocycles. The normalized spacial score (nSPS) is 10.8. The summed E-state index contributed by atoms with van der Waals surface area (Å²) >= 11 is 3.42. The molecule has 0 aromatic carbocycles. The fourth-order valence-corrected chi connectivity index (χ4v) is 2.06. The van der Waals surface area contributed by atoms with Crippen molar-refractivity contribution in [3.05, 3.63) is 22.8 Å². The number of hydrogen-bond donors (Lipinski definition) is 0. The van der Waals surface area contributed by atoms with Gasteiger partial charge in [-0.1, -0.05) is 25.8 Å². The average Bonchev–Trinajstić information content (AvgIpc) is 2.24. The molecule has 0 aliphatic carbocycles. The van der Waals surface area contributed by atoms with Gasteiger partial charge in [0, 0.05) is 12.6 Å². The molecule has 3 heteroatoms. The van der Waals surface area contributed by atoms with E-state index in [-0.39, 0.29) is 0 Å². The Morgan fingerprint density at radius 2 is 2.06 bits per heavy atom. The lowest BCUT2D eigenvalue weighted by Gasteiger charge is -2.28. The molecule has 0 radical (unpaired) electrons. The van der Waals surface area contributed by atoms with Gasteiger partial charge >= 0.3 is 0 Å². The summed E-state index contributed by atoms with van der Waals surface area (Å²) in [6.45, 7) is 7.76. The predicted octanol–water partition coefficient (Wildman–Crippen LogP) is 4.25. The van der Waals surface area contributed by atoms with Crippen molar-refractivity contribution in [2.75, 3.05) is 11.4 Å². The Balaban J connectivity index is 2.69. The van der Waals surface area contributed by atoms with Crippen molar-refractivity contribution in [3.63, 3.8) is 0 Å². The maximum absolute atomic E-state index is 4.52. The first-order valence-electron chi connectivity index (χ1n) is 6.04. The van der Waals surface area contributed by atoms with Gasteiger partial charge in [-0.2, -0.15) is 0 Å². The number of halogens is 1. The molecular formula is C13H21BrN2. The van der Waals surface area contributed by atoms with Crippen LogP contribution in [0.5, 0.6) is 0 Å². The lowest BCUT2D eigenvalue weighted by atomic mass is 10.2. The lowest BCUT2D eigenvalue weighted by Crippen LogP contribution is -2.32. The number of aromatic nitrogens is 1. The molecule has 1 heterocycles. The Bertz CT molecular complexity index is 313. The molecule has 0 fully saturated rings. The highest BCUT2D eigenvalue weighted by molar-refractivity contribution is 9.10. The van der Waals surface area contributed by atoms with E-state index in [9.17, 15) is 0 Å². The van der Waals surface area contributed by atoms with Crippen molar-refractivity contribution < 1.29 is 0 Å². The minimum Gasteiger partial charge on any atom is -0.354 e. The molecule has 0 aliphatic rings. The second-order valence-corrected chi connectivity index (χ2v) is 5.13. The van der Waals surface area contributed by atoms with E-state index in [4.69, 9.17) is 0 Å². The quantitative estimate of drug-likeness (QED) is 0.574. The van der Waals surface area contributed by atoms with Crippen LogP contribution in [0.1, 0.15) is 40.0 Å². The fraction of sp³-hybridized carbons (Fsp3) is 0.615. The molecule has 16 heavy (non-hydrogen) atoms. The molecule has 90 valence electrons. The zero-order valence-corrected chi connectivity index (χ0v) is 12.0. The van der Waals surface area contributed by atoms with Crippen molar-refractivity contribution in [1.29, 1.82) is 0 Å². The highest BCUT2D eigenvalue weighted by Gasteiger charge is 2.11. The largest absolute Gasteiger partial charge is 0.354 e. The zero-order chi connectivity index (χ0) is 12.0. The van der Waals surface area contributed by atoms with Crippen LogP contribution in [0, 0.1) is 0 Å².